The maximum Gasteiger partial charge on any atom is 0.241 e. The molecule has 0 saturated carbocycles. The van der Waals surface area contributed by atoms with Gasteiger partial charge in [0.05, 0.1) is 11.2 Å². The standard InChI is InChI=1S/C15H20N2O3S/c1-10-6-7-14(16)12(3)15(10)21(18,19)17-11(2)9-13-5-4-8-20-13/h4-8,11,17H,9,16H2,1-3H3. The molecule has 0 aliphatic rings. The van der Waals surface area contributed by atoms with E-state index in [1.165, 1.54) is 0 Å². The van der Waals surface area contributed by atoms with Gasteiger partial charge in [-0.1, -0.05) is 6.07 Å². The van der Waals surface area contributed by atoms with Crippen LogP contribution in [-0.4, -0.2) is 14.5 Å². The lowest BCUT2D eigenvalue weighted by Crippen LogP contribution is -2.34. The largest absolute Gasteiger partial charge is 0.469 e. The van der Waals surface area contributed by atoms with Gasteiger partial charge in [-0.3, -0.25) is 0 Å². The fraction of sp³-hybridized carbons (Fsp3) is 0.333. The highest BCUT2D eigenvalue weighted by atomic mass is 32.2. The molecule has 2 rings (SSSR count). The second kappa shape index (κ2) is 5.91. The average Bonchev–Trinajstić information content (AvgIpc) is 2.85. The Morgan fingerprint density at radius 2 is 2.00 bits per heavy atom. The average molecular weight is 308 g/mol. The number of sulfonamides is 1. The van der Waals surface area contributed by atoms with Crippen molar-refractivity contribution in [3.63, 3.8) is 0 Å². The first-order chi connectivity index (χ1) is 9.81. The zero-order valence-corrected chi connectivity index (χ0v) is 13.2. The Bertz CT molecular complexity index is 722. The quantitative estimate of drug-likeness (QED) is 0.831. The van der Waals surface area contributed by atoms with Gasteiger partial charge in [-0.05, 0) is 50.1 Å². The molecule has 21 heavy (non-hydrogen) atoms. The minimum atomic E-state index is -3.62. The molecule has 0 amide bonds. The van der Waals surface area contributed by atoms with E-state index in [4.69, 9.17) is 10.2 Å². The van der Waals surface area contributed by atoms with Crippen molar-refractivity contribution >= 4 is 15.7 Å². The van der Waals surface area contributed by atoms with Crippen LogP contribution in [0.15, 0.2) is 39.8 Å². The molecular weight excluding hydrogens is 288 g/mol. The lowest BCUT2D eigenvalue weighted by molar-refractivity contribution is 0.479. The lowest BCUT2D eigenvalue weighted by Gasteiger charge is -2.17. The minimum Gasteiger partial charge on any atom is -0.469 e. The molecular formula is C15H20N2O3S. The topological polar surface area (TPSA) is 85.3 Å². The van der Waals surface area contributed by atoms with Crippen molar-refractivity contribution in [2.45, 2.75) is 38.1 Å². The summed E-state index contributed by atoms with van der Waals surface area (Å²) in [6.07, 6.45) is 2.06. The predicted octanol–water partition coefficient (Wildman–Crippen LogP) is 2.39. The van der Waals surface area contributed by atoms with Crippen molar-refractivity contribution in [1.82, 2.24) is 4.72 Å². The fourth-order valence-corrected chi connectivity index (χ4v) is 4.10. The number of rotatable bonds is 5. The molecule has 1 heterocycles. The Morgan fingerprint density at radius 1 is 1.29 bits per heavy atom. The summed E-state index contributed by atoms with van der Waals surface area (Å²) in [6.45, 7) is 5.28. The first-order valence-corrected chi connectivity index (χ1v) is 8.20. The first-order valence-electron chi connectivity index (χ1n) is 6.71. The molecule has 2 aromatic rings. The number of nitrogens with two attached hydrogens (primary N) is 1. The van der Waals surface area contributed by atoms with Gasteiger partial charge in [-0.2, -0.15) is 0 Å². The molecule has 1 unspecified atom stereocenters. The van der Waals surface area contributed by atoms with Crippen molar-refractivity contribution in [2.24, 2.45) is 0 Å². The molecule has 0 fully saturated rings. The van der Waals surface area contributed by atoms with E-state index in [0.29, 0.717) is 23.2 Å². The van der Waals surface area contributed by atoms with Crippen LogP contribution < -0.4 is 10.5 Å². The summed E-state index contributed by atoms with van der Waals surface area (Å²) >= 11 is 0. The van der Waals surface area contributed by atoms with Crippen LogP contribution in [-0.2, 0) is 16.4 Å². The lowest BCUT2D eigenvalue weighted by atomic mass is 10.1. The van der Waals surface area contributed by atoms with Crippen LogP contribution in [0.3, 0.4) is 0 Å². The number of hydrogen-bond donors (Lipinski definition) is 2. The molecule has 6 heteroatoms. The normalized spacial score (nSPS) is 13.3. The molecule has 0 radical (unpaired) electrons. The summed E-state index contributed by atoms with van der Waals surface area (Å²) in [5, 5.41) is 0. The number of nitrogen functional groups attached to an aromatic ring is 1. The van der Waals surface area contributed by atoms with Crippen LogP contribution in [0.1, 0.15) is 23.8 Å². The van der Waals surface area contributed by atoms with E-state index in [1.807, 2.05) is 6.07 Å². The van der Waals surface area contributed by atoms with Crippen LogP contribution in [0.4, 0.5) is 5.69 Å². The molecule has 0 bridgehead atoms. The van der Waals surface area contributed by atoms with E-state index in [-0.39, 0.29) is 10.9 Å². The summed E-state index contributed by atoms with van der Waals surface area (Å²) in [7, 11) is -3.62. The van der Waals surface area contributed by atoms with Gasteiger partial charge >= 0.3 is 0 Å². The van der Waals surface area contributed by atoms with Crippen LogP contribution in [0.2, 0.25) is 0 Å². The third kappa shape index (κ3) is 3.46. The summed E-state index contributed by atoms with van der Waals surface area (Å²) < 4.78 is 33.0. The minimum absolute atomic E-state index is 0.258. The number of anilines is 1. The van der Waals surface area contributed by atoms with Gasteiger partial charge in [0.2, 0.25) is 10.0 Å². The maximum absolute atomic E-state index is 12.6. The molecule has 1 aromatic carbocycles. The van der Waals surface area contributed by atoms with Crippen molar-refractivity contribution in [1.29, 1.82) is 0 Å². The molecule has 114 valence electrons. The molecule has 1 atom stereocenters. The maximum atomic E-state index is 12.6. The van der Waals surface area contributed by atoms with Gasteiger partial charge in [-0.25, -0.2) is 13.1 Å². The van der Waals surface area contributed by atoms with Gasteiger partial charge in [0.25, 0.3) is 0 Å². The van der Waals surface area contributed by atoms with Gasteiger partial charge in [-0.15, -0.1) is 0 Å². The highest BCUT2D eigenvalue weighted by Crippen LogP contribution is 2.25. The van der Waals surface area contributed by atoms with Gasteiger partial charge in [0.15, 0.2) is 0 Å². The first kappa shape index (κ1) is 15.6. The zero-order valence-electron chi connectivity index (χ0n) is 12.4. The van der Waals surface area contributed by atoms with Gasteiger partial charge in [0, 0.05) is 18.2 Å². The number of benzene rings is 1. The fourth-order valence-electron chi connectivity index (χ4n) is 2.35. The number of hydrogen-bond acceptors (Lipinski definition) is 4. The van der Waals surface area contributed by atoms with Crippen molar-refractivity contribution in [3.05, 3.63) is 47.4 Å². The molecule has 0 aliphatic carbocycles. The van der Waals surface area contributed by atoms with E-state index in [1.54, 1.807) is 45.2 Å². The summed E-state index contributed by atoms with van der Waals surface area (Å²) in [4.78, 5) is 0.258. The summed E-state index contributed by atoms with van der Waals surface area (Å²) in [5.74, 6) is 0.742. The Morgan fingerprint density at radius 3 is 2.62 bits per heavy atom. The Kier molecular flexibility index (Phi) is 4.39. The zero-order chi connectivity index (χ0) is 15.6. The second-order valence-electron chi connectivity index (χ2n) is 5.23. The Hall–Kier alpha value is -1.79. The number of nitrogens with one attached hydrogen (secondary N) is 1. The molecule has 0 aliphatic heterocycles. The summed E-state index contributed by atoms with van der Waals surface area (Å²) in [6, 6.07) is 6.76. The number of aryl methyl sites for hydroxylation is 1. The molecule has 0 saturated heterocycles. The predicted molar refractivity (Wildman–Crippen MR) is 82.5 cm³/mol. The van der Waals surface area contributed by atoms with Crippen molar-refractivity contribution < 1.29 is 12.8 Å². The molecule has 0 spiro atoms. The monoisotopic (exact) mass is 308 g/mol. The van der Waals surface area contributed by atoms with E-state index >= 15 is 0 Å². The SMILES string of the molecule is Cc1ccc(N)c(C)c1S(=O)(=O)NC(C)Cc1ccco1. The highest BCUT2D eigenvalue weighted by Gasteiger charge is 2.23. The van der Waals surface area contributed by atoms with Gasteiger partial charge in [0.1, 0.15) is 5.76 Å². The molecule has 3 N–H and O–H groups in total. The van der Waals surface area contributed by atoms with E-state index in [2.05, 4.69) is 4.72 Å². The van der Waals surface area contributed by atoms with Crippen LogP contribution in [0.25, 0.3) is 0 Å². The highest BCUT2D eigenvalue weighted by molar-refractivity contribution is 7.89. The summed E-state index contributed by atoms with van der Waals surface area (Å²) in [5.41, 5.74) is 7.55. The van der Waals surface area contributed by atoms with Crippen LogP contribution >= 0.6 is 0 Å². The van der Waals surface area contributed by atoms with Crippen LogP contribution in [0, 0.1) is 13.8 Å². The van der Waals surface area contributed by atoms with Crippen LogP contribution in [0.5, 0.6) is 0 Å². The smallest absolute Gasteiger partial charge is 0.241 e. The third-order valence-corrected chi connectivity index (χ3v) is 5.24. The Labute approximate surface area is 125 Å². The van der Waals surface area contributed by atoms with E-state index in [0.717, 1.165) is 5.76 Å². The number of furan rings is 1. The van der Waals surface area contributed by atoms with Crippen molar-refractivity contribution in [3.8, 4) is 0 Å². The van der Waals surface area contributed by atoms with E-state index < -0.39 is 10.0 Å². The van der Waals surface area contributed by atoms with Crippen molar-refractivity contribution in [2.75, 3.05) is 5.73 Å². The van der Waals surface area contributed by atoms with E-state index in [9.17, 15) is 8.42 Å². The third-order valence-electron chi connectivity index (χ3n) is 3.36. The molecule has 1 aromatic heterocycles. The van der Waals surface area contributed by atoms with Gasteiger partial charge < -0.3 is 10.2 Å². The Balaban J connectivity index is 2.25. The molecule has 5 nitrogen and oxygen atoms in total. The second-order valence-corrected chi connectivity index (χ2v) is 6.88.